The summed E-state index contributed by atoms with van der Waals surface area (Å²) in [4.78, 5) is 16.8. The lowest BCUT2D eigenvalue weighted by Crippen LogP contribution is -2.11. The fourth-order valence-corrected chi connectivity index (χ4v) is 6.43. The van der Waals surface area contributed by atoms with Crippen molar-refractivity contribution in [2.75, 3.05) is 14.2 Å². The van der Waals surface area contributed by atoms with Crippen LogP contribution in [0.5, 0.6) is 33.9 Å². The van der Waals surface area contributed by atoms with E-state index in [1.165, 1.54) is 74.2 Å². The van der Waals surface area contributed by atoms with E-state index < -0.39 is 25.2 Å². The topological polar surface area (TPSA) is 112 Å². The number of methoxy groups -OCH3 is 2. The van der Waals surface area contributed by atoms with Crippen LogP contribution in [0.15, 0.2) is 90.4 Å². The number of hydrogen-bond donors (Lipinski definition) is 0. The van der Waals surface area contributed by atoms with Crippen molar-refractivity contribution >= 4 is 30.2 Å². The molecule has 0 atom stereocenters. The van der Waals surface area contributed by atoms with Gasteiger partial charge in [0.2, 0.25) is 0 Å². The molecule has 1 aromatic heterocycles. The molecule has 0 amide bonds. The van der Waals surface area contributed by atoms with Gasteiger partial charge in [0.25, 0.3) is 5.19 Å². The van der Waals surface area contributed by atoms with E-state index in [-0.39, 0.29) is 52.6 Å². The molecule has 5 aromatic rings. The summed E-state index contributed by atoms with van der Waals surface area (Å²) in [6.07, 6.45) is 1.34. The minimum atomic E-state index is -4.09. The molecule has 14 heteroatoms. The Balaban J connectivity index is 1.38. The van der Waals surface area contributed by atoms with Crippen LogP contribution in [0.4, 0.5) is 8.78 Å². The lowest BCUT2D eigenvalue weighted by Gasteiger charge is -2.20. The molecule has 0 aliphatic heterocycles. The lowest BCUT2D eigenvalue weighted by atomic mass is 10.2. The lowest BCUT2D eigenvalue weighted by molar-refractivity contribution is 0.0733. The molecular formula is C35H32F2NO9PS. The number of hydrogen-bond acceptors (Lipinski definition) is 11. The zero-order valence-electron chi connectivity index (χ0n) is 26.9. The first-order valence-corrected chi connectivity index (χ1v) is 17.2. The number of rotatable bonds is 15. The number of thiazole rings is 1. The first-order valence-electron chi connectivity index (χ1n) is 14.8. The summed E-state index contributed by atoms with van der Waals surface area (Å²) in [7, 11) is -1.40. The van der Waals surface area contributed by atoms with Crippen molar-refractivity contribution in [2.24, 2.45) is 0 Å². The first-order chi connectivity index (χ1) is 23.5. The standard InChI is InChI=1S/C35H32F2NO9PS/c1-22(2)45-27-17-25(34(39)47-35-38-13-14-49-35)18-28(19-27)46-26-7-9-29(10-8-26)48(40,43-20-23-5-11-32(41-3)30(36)15-23)44-21-24-6-12-33(42-4)31(37)16-24/h5-19,22H,20-21H2,1-4H3. The maximum atomic E-state index is 14.4. The van der Waals surface area contributed by atoms with Gasteiger partial charge in [-0.25, -0.2) is 18.6 Å². The van der Waals surface area contributed by atoms with Crippen molar-refractivity contribution in [2.45, 2.75) is 33.2 Å². The number of carbonyl (C=O) groups excluding carboxylic acids is 1. The number of carbonyl (C=O) groups is 1. The van der Waals surface area contributed by atoms with Crippen molar-refractivity contribution < 1.29 is 50.9 Å². The van der Waals surface area contributed by atoms with Crippen molar-refractivity contribution in [3.63, 3.8) is 0 Å². The van der Waals surface area contributed by atoms with Crippen LogP contribution in [-0.4, -0.2) is 31.3 Å². The number of benzene rings is 4. The molecule has 49 heavy (non-hydrogen) atoms. The summed E-state index contributed by atoms with van der Waals surface area (Å²) in [6, 6.07) is 19.1. The third kappa shape index (κ3) is 9.42. The maximum absolute atomic E-state index is 14.4. The molecule has 1 heterocycles. The zero-order valence-corrected chi connectivity index (χ0v) is 28.6. The minimum absolute atomic E-state index is 0.0464. The first kappa shape index (κ1) is 35.5. The normalized spacial score (nSPS) is 11.3. The highest BCUT2D eigenvalue weighted by Crippen LogP contribution is 2.49. The van der Waals surface area contributed by atoms with Gasteiger partial charge < -0.3 is 32.7 Å². The van der Waals surface area contributed by atoms with Crippen LogP contribution in [0.2, 0.25) is 0 Å². The molecule has 256 valence electrons. The van der Waals surface area contributed by atoms with E-state index in [9.17, 15) is 18.1 Å². The van der Waals surface area contributed by atoms with Gasteiger partial charge in [-0.15, -0.1) is 0 Å². The van der Waals surface area contributed by atoms with Gasteiger partial charge in [0.05, 0.1) is 44.4 Å². The molecule has 10 nitrogen and oxygen atoms in total. The summed E-state index contributed by atoms with van der Waals surface area (Å²) >= 11 is 1.18. The minimum Gasteiger partial charge on any atom is -0.494 e. The van der Waals surface area contributed by atoms with Gasteiger partial charge in [-0.05, 0) is 85.6 Å². The van der Waals surface area contributed by atoms with E-state index in [4.69, 9.17) is 32.7 Å². The molecule has 0 saturated heterocycles. The van der Waals surface area contributed by atoms with Gasteiger partial charge >= 0.3 is 13.6 Å². The molecule has 0 bridgehead atoms. The van der Waals surface area contributed by atoms with Gasteiger partial charge in [0.15, 0.2) is 23.1 Å². The third-order valence-electron chi connectivity index (χ3n) is 6.70. The second-order valence-corrected chi connectivity index (χ2v) is 13.5. The Morgan fingerprint density at radius 1 is 0.796 bits per heavy atom. The van der Waals surface area contributed by atoms with E-state index in [0.717, 1.165) is 0 Å². The van der Waals surface area contributed by atoms with E-state index >= 15 is 0 Å². The number of halogens is 2. The predicted octanol–water partition coefficient (Wildman–Crippen LogP) is 8.49. The molecule has 0 radical (unpaired) electrons. The highest BCUT2D eigenvalue weighted by Gasteiger charge is 2.29. The van der Waals surface area contributed by atoms with Crippen molar-refractivity contribution in [3.8, 4) is 33.9 Å². The van der Waals surface area contributed by atoms with Crippen LogP contribution < -0.4 is 29.0 Å². The van der Waals surface area contributed by atoms with Gasteiger partial charge in [0.1, 0.15) is 17.2 Å². The smallest absolute Gasteiger partial charge is 0.361 e. The van der Waals surface area contributed by atoms with Gasteiger partial charge in [-0.2, -0.15) is 0 Å². The Morgan fingerprint density at radius 2 is 1.39 bits per heavy atom. The molecule has 0 fully saturated rings. The van der Waals surface area contributed by atoms with Crippen LogP contribution in [-0.2, 0) is 26.8 Å². The Labute approximate surface area is 285 Å². The molecule has 4 aromatic carbocycles. The highest BCUT2D eigenvalue weighted by atomic mass is 32.1. The summed E-state index contributed by atoms with van der Waals surface area (Å²) in [5, 5.41) is 2.04. The fourth-order valence-electron chi connectivity index (χ4n) is 4.43. The molecule has 0 aliphatic carbocycles. The number of ether oxygens (including phenoxy) is 5. The van der Waals surface area contributed by atoms with Crippen LogP contribution in [0.25, 0.3) is 0 Å². The monoisotopic (exact) mass is 711 g/mol. The Morgan fingerprint density at radius 3 is 1.90 bits per heavy atom. The average Bonchev–Trinajstić information content (AvgIpc) is 3.59. The number of nitrogens with zero attached hydrogens (tertiary/aromatic N) is 1. The Kier molecular flexibility index (Phi) is 11.6. The third-order valence-corrected chi connectivity index (χ3v) is 9.22. The van der Waals surface area contributed by atoms with E-state index in [2.05, 4.69) is 4.98 Å². The van der Waals surface area contributed by atoms with Gasteiger partial charge in [-0.3, -0.25) is 4.57 Å². The summed E-state index contributed by atoms with van der Waals surface area (Å²) in [5.41, 5.74) is 0.937. The van der Waals surface area contributed by atoms with Crippen molar-refractivity contribution in [1.29, 1.82) is 0 Å². The number of esters is 1. The van der Waals surface area contributed by atoms with E-state index in [0.29, 0.717) is 22.6 Å². The van der Waals surface area contributed by atoms with Crippen molar-refractivity contribution in [3.05, 3.63) is 119 Å². The predicted molar refractivity (Wildman–Crippen MR) is 179 cm³/mol. The highest BCUT2D eigenvalue weighted by molar-refractivity contribution is 7.62. The van der Waals surface area contributed by atoms with Crippen LogP contribution in [0.3, 0.4) is 0 Å². The van der Waals surface area contributed by atoms with Crippen LogP contribution in [0, 0.1) is 11.6 Å². The van der Waals surface area contributed by atoms with Gasteiger partial charge in [0, 0.05) is 17.6 Å². The molecule has 5 rings (SSSR count). The molecule has 0 N–H and O–H groups in total. The Hall–Kier alpha value is -4.81. The number of aromatic nitrogens is 1. The van der Waals surface area contributed by atoms with Gasteiger partial charge in [-0.1, -0.05) is 23.5 Å². The second kappa shape index (κ2) is 16.1. The summed E-state index contributed by atoms with van der Waals surface area (Å²) in [6.45, 7) is 3.16. The largest absolute Gasteiger partial charge is 0.494 e. The molecular weight excluding hydrogens is 679 g/mol. The molecule has 0 spiro atoms. The molecule has 0 saturated carbocycles. The van der Waals surface area contributed by atoms with E-state index in [1.54, 1.807) is 41.8 Å². The maximum Gasteiger partial charge on any atom is 0.361 e. The SMILES string of the molecule is COc1ccc(COP(=O)(OCc2ccc(OC)c(F)c2)c2ccc(Oc3cc(OC(C)C)cc(C(=O)Oc4nccs4)c3)cc2)cc1F. The fraction of sp³-hybridized carbons (Fsp3) is 0.200. The zero-order chi connectivity index (χ0) is 35.0. The second-order valence-electron chi connectivity index (χ2n) is 10.6. The van der Waals surface area contributed by atoms with Crippen LogP contribution >= 0.6 is 18.9 Å². The quantitative estimate of drug-likeness (QED) is 0.0774. The van der Waals surface area contributed by atoms with E-state index in [1.807, 2.05) is 13.8 Å². The van der Waals surface area contributed by atoms with Crippen LogP contribution in [0.1, 0.15) is 35.3 Å². The molecule has 0 aliphatic rings. The Bertz CT molecular complexity index is 1880. The summed E-state index contributed by atoms with van der Waals surface area (Å²) < 4.78 is 81.7. The summed E-state index contributed by atoms with van der Waals surface area (Å²) in [5.74, 6) is -0.801. The average molecular weight is 712 g/mol. The molecule has 0 unspecified atom stereocenters. The van der Waals surface area contributed by atoms with Crippen molar-refractivity contribution in [1.82, 2.24) is 4.98 Å².